The van der Waals surface area contributed by atoms with Crippen molar-refractivity contribution in [3.8, 4) is 0 Å². The minimum Gasteiger partial charge on any atom is -0.392 e. The molecule has 0 aromatic heterocycles. The second-order valence-corrected chi connectivity index (χ2v) is 5.98. The smallest absolute Gasteiger partial charge is 0.0667 e. The van der Waals surface area contributed by atoms with Crippen LogP contribution >= 0.6 is 0 Å². The summed E-state index contributed by atoms with van der Waals surface area (Å²) < 4.78 is 0. The van der Waals surface area contributed by atoms with E-state index in [0.717, 1.165) is 6.42 Å². The highest BCUT2D eigenvalue weighted by molar-refractivity contribution is 5.86. The third-order valence-corrected chi connectivity index (χ3v) is 3.69. The van der Waals surface area contributed by atoms with Gasteiger partial charge in [-0.2, -0.15) is 0 Å². The number of hydrogen-bond donors (Lipinski definition) is 2. The van der Waals surface area contributed by atoms with Gasteiger partial charge in [0.1, 0.15) is 0 Å². The van der Waals surface area contributed by atoms with Gasteiger partial charge in [0.05, 0.1) is 6.10 Å². The van der Waals surface area contributed by atoms with Crippen LogP contribution < -0.4 is 5.32 Å². The third-order valence-electron chi connectivity index (χ3n) is 3.69. The lowest BCUT2D eigenvalue weighted by atomic mass is 9.99. The molecule has 2 heteroatoms. The highest BCUT2D eigenvalue weighted by Gasteiger charge is 2.12. The van der Waals surface area contributed by atoms with Gasteiger partial charge in [-0.3, -0.25) is 0 Å². The minimum absolute atomic E-state index is 0.239. The van der Waals surface area contributed by atoms with E-state index in [-0.39, 0.29) is 12.1 Å². The summed E-state index contributed by atoms with van der Waals surface area (Å²) in [7, 11) is 0. The molecule has 108 valence electrons. The Labute approximate surface area is 121 Å². The molecule has 2 unspecified atom stereocenters. The van der Waals surface area contributed by atoms with Crippen LogP contribution in [0.2, 0.25) is 0 Å². The Kier molecular flexibility index (Phi) is 5.16. The SMILES string of the molecule is CC(C)CC(O)CNC(C)c1cccc2ccccc12. The van der Waals surface area contributed by atoms with E-state index in [9.17, 15) is 5.11 Å². The maximum absolute atomic E-state index is 9.97. The van der Waals surface area contributed by atoms with Gasteiger partial charge in [0.25, 0.3) is 0 Å². The van der Waals surface area contributed by atoms with Crippen LogP contribution in [0.3, 0.4) is 0 Å². The van der Waals surface area contributed by atoms with Crippen molar-refractivity contribution in [3.63, 3.8) is 0 Å². The number of aliphatic hydroxyl groups excluding tert-OH is 1. The lowest BCUT2D eigenvalue weighted by Gasteiger charge is -2.20. The van der Waals surface area contributed by atoms with Crippen molar-refractivity contribution in [1.82, 2.24) is 5.32 Å². The van der Waals surface area contributed by atoms with Gasteiger partial charge in [-0.25, -0.2) is 0 Å². The summed E-state index contributed by atoms with van der Waals surface area (Å²) in [5, 5.41) is 16.0. The van der Waals surface area contributed by atoms with Crippen LogP contribution in [0.4, 0.5) is 0 Å². The highest BCUT2D eigenvalue weighted by atomic mass is 16.3. The molecule has 0 radical (unpaired) electrons. The molecule has 0 aliphatic heterocycles. The fourth-order valence-corrected chi connectivity index (χ4v) is 2.68. The molecule has 0 bridgehead atoms. The molecule has 0 amide bonds. The van der Waals surface area contributed by atoms with Crippen LogP contribution in [0.5, 0.6) is 0 Å². The molecule has 0 aliphatic carbocycles. The molecule has 0 spiro atoms. The molecule has 0 saturated heterocycles. The van der Waals surface area contributed by atoms with Crippen LogP contribution in [0, 0.1) is 5.92 Å². The van der Waals surface area contributed by atoms with Gasteiger partial charge in [0.15, 0.2) is 0 Å². The van der Waals surface area contributed by atoms with E-state index >= 15 is 0 Å². The number of benzene rings is 2. The number of nitrogens with one attached hydrogen (secondary N) is 1. The van der Waals surface area contributed by atoms with Crippen molar-refractivity contribution in [2.24, 2.45) is 5.92 Å². The molecule has 2 nitrogen and oxygen atoms in total. The van der Waals surface area contributed by atoms with Crippen LogP contribution in [0.15, 0.2) is 42.5 Å². The third kappa shape index (κ3) is 3.81. The highest BCUT2D eigenvalue weighted by Crippen LogP contribution is 2.24. The van der Waals surface area contributed by atoms with Crippen LogP contribution in [0.25, 0.3) is 10.8 Å². The van der Waals surface area contributed by atoms with Gasteiger partial charge in [0.2, 0.25) is 0 Å². The molecule has 0 aliphatic rings. The van der Waals surface area contributed by atoms with E-state index in [0.29, 0.717) is 12.5 Å². The monoisotopic (exact) mass is 271 g/mol. The first-order chi connectivity index (χ1) is 9.58. The van der Waals surface area contributed by atoms with E-state index in [4.69, 9.17) is 0 Å². The van der Waals surface area contributed by atoms with Gasteiger partial charge in [-0.1, -0.05) is 56.3 Å². The summed E-state index contributed by atoms with van der Waals surface area (Å²) in [5.41, 5.74) is 1.29. The number of fused-ring (bicyclic) bond motifs is 1. The minimum atomic E-state index is -0.271. The fraction of sp³-hybridized carbons (Fsp3) is 0.444. The van der Waals surface area contributed by atoms with E-state index < -0.39 is 0 Å². The topological polar surface area (TPSA) is 32.3 Å². The summed E-state index contributed by atoms with van der Waals surface area (Å²) in [6.07, 6.45) is 0.572. The second kappa shape index (κ2) is 6.87. The Morgan fingerprint density at radius 2 is 1.70 bits per heavy atom. The molecular weight excluding hydrogens is 246 g/mol. The normalized spacial score (nSPS) is 14.7. The summed E-state index contributed by atoms with van der Waals surface area (Å²) >= 11 is 0. The first-order valence-corrected chi connectivity index (χ1v) is 7.47. The molecule has 0 saturated carbocycles. The fourth-order valence-electron chi connectivity index (χ4n) is 2.68. The van der Waals surface area contributed by atoms with E-state index in [1.165, 1.54) is 16.3 Å². The molecule has 2 aromatic rings. The van der Waals surface area contributed by atoms with Crippen molar-refractivity contribution in [1.29, 1.82) is 0 Å². The molecule has 2 rings (SSSR count). The Morgan fingerprint density at radius 3 is 2.45 bits per heavy atom. The van der Waals surface area contributed by atoms with Gasteiger partial charge in [-0.05, 0) is 35.6 Å². The Hall–Kier alpha value is -1.38. The van der Waals surface area contributed by atoms with Crippen molar-refractivity contribution >= 4 is 10.8 Å². The molecule has 2 atom stereocenters. The van der Waals surface area contributed by atoms with E-state index in [1.54, 1.807) is 0 Å². The molecule has 2 aromatic carbocycles. The maximum atomic E-state index is 9.97. The summed E-state index contributed by atoms with van der Waals surface area (Å²) in [5.74, 6) is 0.527. The van der Waals surface area contributed by atoms with Gasteiger partial charge in [0, 0.05) is 12.6 Å². The summed E-state index contributed by atoms with van der Waals surface area (Å²) in [4.78, 5) is 0. The first-order valence-electron chi connectivity index (χ1n) is 7.47. The number of aliphatic hydroxyl groups is 1. The van der Waals surface area contributed by atoms with Gasteiger partial charge < -0.3 is 10.4 Å². The summed E-state index contributed by atoms with van der Waals surface area (Å²) in [6.45, 7) is 7.07. The average molecular weight is 271 g/mol. The number of hydrogen-bond acceptors (Lipinski definition) is 2. The zero-order chi connectivity index (χ0) is 14.5. The largest absolute Gasteiger partial charge is 0.392 e. The molecule has 2 N–H and O–H groups in total. The van der Waals surface area contributed by atoms with E-state index in [1.807, 2.05) is 0 Å². The standard InChI is InChI=1S/C18H25NO/c1-13(2)11-16(20)12-19-14(3)17-10-6-8-15-7-4-5-9-18(15)17/h4-10,13-14,16,19-20H,11-12H2,1-3H3. The molecule has 0 fully saturated rings. The predicted octanol–water partition coefficient (Wildman–Crippen LogP) is 3.90. The van der Waals surface area contributed by atoms with Crippen LogP contribution in [0.1, 0.15) is 38.8 Å². The maximum Gasteiger partial charge on any atom is 0.0667 e. The van der Waals surface area contributed by atoms with Crippen molar-refractivity contribution < 1.29 is 5.11 Å². The molecule has 20 heavy (non-hydrogen) atoms. The lowest BCUT2D eigenvalue weighted by Crippen LogP contribution is -2.30. The van der Waals surface area contributed by atoms with Crippen LogP contribution in [-0.2, 0) is 0 Å². The average Bonchev–Trinajstić information content (AvgIpc) is 2.43. The Balaban J connectivity index is 2.06. The Morgan fingerprint density at radius 1 is 1.00 bits per heavy atom. The van der Waals surface area contributed by atoms with Crippen LogP contribution in [-0.4, -0.2) is 17.8 Å². The lowest BCUT2D eigenvalue weighted by molar-refractivity contribution is 0.143. The Bertz CT molecular complexity index is 545. The second-order valence-electron chi connectivity index (χ2n) is 5.98. The number of rotatable bonds is 6. The van der Waals surface area contributed by atoms with E-state index in [2.05, 4.69) is 68.6 Å². The predicted molar refractivity (Wildman–Crippen MR) is 85.8 cm³/mol. The zero-order valence-electron chi connectivity index (χ0n) is 12.6. The quantitative estimate of drug-likeness (QED) is 0.835. The van der Waals surface area contributed by atoms with Gasteiger partial charge in [-0.15, -0.1) is 0 Å². The van der Waals surface area contributed by atoms with Crippen molar-refractivity contribution in [2.75, 3.05) is 6.54 Å². The molecular formula is C18H25NO. The summed E-state index contributed by atoms with van der Waals surface area (Å²) in [6, 6.07) is 15.1. The zero-order valence-corrected chi connectivity index (χ0v) is 12.6. The van der Waals surface area contributed by atoms with Gasteiger partial charge >= 0.3 is 0 Å². The molecule has 0 heterocycles. The first kappa shape index (κ1) is 15.0. The van der Waals surface area contributed by atoms with Crippen molar-refractivity contribution in [2.45, 2.75) is 39.3 Å². The van der Waals surface area contributed by atoms with Crippen molar-refractivity contribution in [3.05, 3.63) is 48.0 Å².